The number of benzene rings is 1. The Morgan fingerprint density at radius 2 is 1.89 bits per heavy atom. The summed E-state index contributed by atoms with van der Waals surface area (Å²) in [5, 5.41) is 0.482. The van der Waals surface area contributed by atoms with Gasteiger partial charge in [0.25, 0.3) is 15.6 Å². The van der Waals surface area contributed by atoms with Gasteiger partial charge in [-0.25, -0.2) is 12.4 Å². The fraction of sp³-hybridized carbons (Fsp3) is 0.211. The summed E-state index contributed by atoms with van der Waals surface area (Å²) in [4.78, 5) is 12.8. The number of ether oxygens (including phenoxy) is 1. The SMILES string of the molecule is COCC#Cc1cc2c(Br)cn(C)c(=O)c2n1S(=O)(=O)c1ccc(C)cc1. The van der Waals surface area contributed by atoms with Crippen LogP contribution < -0.4 is 5.56 Å². The lowest BCUT2D eigenvalue weighted by Crippen LogP contribution is -2.23. The third-order valence-corrected chi connectivity index (χ3v) is 6.40. The van der Waals surface area contributed by atoms with Gasteiger partial charge in [0.1, 0.15) is 17.8 Å². The van der Waals surface area contributed by atoms with Gasteiger partial charge in [-0.05, 0) is 47.0 Å². The van der Waals surface area contributed by atoms with Crippen molar-refractivity contribution in [2.75, 3.05) is 13.7 Å². The van der Waals surface area contributed by atoms with Crippen molar-refractivity contribution in [3.05, 3.63) is 62.6 Å². The molecule has 0 amide bonds. The average Bonchev–Trinajstić information content (AvgIpc) is 3.01. The molecule has 0 atom stereocenters. The van der Waals surface area contributed by atoms with Crippen LogP contribution in [-0.2, 0) is 21.8 Å². The highest BCUT2D eigenvalue weighted by Crippen LogP contribution is 2.28. The highest BCUT2D eigenvalue weighted by molar-refractivity contribution is 9.10. The Labute approximate surface area is 165 Å². The van der Waals surface area contributed by atoms with Crippen LogP contribution in [0.1, 0.15) is 11.3 Å². The summed E-state index contributed by atoms with van der Waals surface area (Å²) < 4.78 is 34.6. The number of halogens is 1. The van der Waals surface area contributed by atoms with Crippen LogP contribution in [0.3, 0.4) is 0 Å². The van der Waals surface area contributed by atoms with E-state index >= 15 is 0 Å². The second kappa shape index (κ2) is 7.35. The second-order valence-corrected chi connectivity index (χ2v) is 8.64. The first kappa shape index (κ1) is 19.4. The van der Waals surface area contributed by atoms with E-state index < -0.39 is 15.6 Å². The van der Waals surface area contributed by atoms with E-state index in [1.165, 1.54) is 23.8 Å². The number of fused-ring (bicyclic) bond motifs is 1. The van der Waals surface area contributed by atoms with Crippen molar-refractivity contribution < 1.29 is 13.2 Å². The first-order valence-corrected chi connectivity index (χ1v) is 10.2. The number of pyridine rings is 1. The van der Waals surface area contributed by atoms with E-state index in [0.29, 0.717) is 9.86 Å². The molecule has 0 bridgehead atoms. The van der Waals surface area contributed by atoms with Crippen molar-refractivity contribution in [2.45, 2.75) is 11.8 Å². The molecule has 27 heavy (non-hydrogen) atoms. The number of aromatic nitrogens is 2. The molecule has 0 saturated carbocycles. The van der Waals surface area contributed by atoms with Gasteiger partial charge in [-0.15, -0.1) is 0 Å². The highest BCUT2D eigenvalue weighted by Gasteiger charge is 2.25. The molecule has 6 nitrogen and oxygen atoms in total. The van der Waals surface area contributed by atoms with Gasteiger partial charge < -0.3 is 9.30 Å². The van der Waals surface area contributed by atoms with E-state index in [1.54, 1.807) is 31.4 Å². The van der Waals surface area contributed by atoms with Crippen LogP contribution in [0.2, 0.25) is 0 Å². The van der Waals surface area contributed by atoms with Crippen molar-refractivity contribution >= 4 is 36.9 Å². The largest absolute Gasteiger partial charge is 0.372 e. The summed E-state index contributed by atoms with van der Waals surface area (Å²) in [7, 11) is -0.956. The summed E-state index contributed by atoms with van der Waals surface area (Å²) >= 11 is 3.40. The Bertz CT molecular complexity index is 1240. The molecule has 2 aromatic heterocycles. The predicted octanol–water partition coefficient (Wildman–Crippen LogP) is 2.65. The van der Waals surface area contributed by atoms with Crippen LogP contribution in [-0.4, -0.2) is 30.7 Å². The van der Waals surface area contributed by atoms with Crippen molar-refractivity contribution in [3.8, 4) is 11.8 Å². The van der Waals surface area contributed by atoms with E-state index in [-0.39, 0.29) is 22.7 Å². The first-order chi connectivity index (χ1) is 12.8. The number of hydrogen-bond acceptors (Lipinski definition) is 4. The molecule has 0 aliphatic heterocycles. The van der Waals surface area contributed by atoms with E-state index in [2.05, 4.69) is 27.8 Å². The smallest absolute Gasteiger partial charge is 0.275 e. The third kappa shape index (κ3) is 3.46. The van der Waals surface area contributed by atoms with E-state index in [0.717, 1.165) is 9.54 Å². The molecule has 140 valence electrons. The Morgan fingerprint density at radius 1 is 1.22 bits per heavy atom. The number of aryl methyl sites for hydroxylation is 2. The van der Waals surface area contributed by atoms with Gasteiger partial charge in [0.05, 0.1) is 4.90 Å². The molecule has 0 N–H and O–H groups in total. The molecule has 0 unspecified atom stereocenters. The average molecular weight is 449 g/mol. The number of nitrogens with zero attached hydrogens (tertiary/aromatic N) is 2. The van der Waals surface area contributed by atoms with Gasteiger partial charge in [0.2, 0.25) is 0 Å². The molecule has 3 aromatic rings. The lowest BCUT2D eigenvalue weighted by atomic mass is 10.2. The lowest BCUT2D eigenvalue weighted by molar-refractivity contribution is 0.240. The van der Waals surface area contributed by atoms with Crippen molar-refractivity contribution in [3.63, 3.8) is 0 Å². The van der Waals surface area contributed by atoms with Crippen molar-refractivity contribution in [2.24, 2.45) is 7.05 Å². The molecule has 0 spiro atoms. The first-order valence-electron chi connectivity index (χ1n) is 7.98. The van der Waals surface area contributed by atoms with Crippen LogP contribution >= 0.6 is 15.9 Å². The van der Waals surface area contributed by atoms with Crippen LogP contribution in [0, 0.1) is 18.8 Å². The molecule has 2 heterocycles. The zero-order valence-electron chi connectivity index (χ0n) is 15.0. The summed E-state index contributed by atoms with van der Waals surface area (Å²) in [6.07, 6.45) is 1.60. The minimum absolute atomic E-state index is 0.0502. The maximum Gasteiger partial charge on any atom is 0.275 e. The van der Waals surface area contributed by atoms with E-state index in [9.17, 15) is 13.2 Å². The molecule has 3 rings (SSSR count). The predicted molar refractivity (Wildman–Crippen MR) is 107 cm³/mol. The third-order valence-electron chi connectivity index (χ3n) is 4.04. The van der Waals surface area contributed by atoms with E-state index in [1.807, 2.05) is 6.92 Å². The molecule has 8 heteroatoms. The Balaban J connectivity index is 2.42. The monoisotopic (exact) mass is 448 g/mol. The molecule has 0 aliphatic carbocycles. The molecule has 0 saturated heterocycles. The molecule has 0 aliphatic rings. The van der Waals surface area contributed by atoms with E-state index in [4.69, 9.17) is 4.74 Å². The van der Waals surface area contributed by atoms with Gasteiger partial charge in [0, 0.05) is 30.2 Å². The zero-order chi connectivity index (χ0) is 19.8. The fourth-order valence-electron chi connectivity index (χ4n) is 2.69. The summed E-state index contributed by atoms with van der Waals surface area (Å²) in [5.41, 5.74) is 0.759. The molecule has 0 radical (unpaired) electrons. The molecular weight excluding hydrogens is 432 g/mol. The summed E-state index contributed by atoms with van der Waals surface area (Å²) in [5.74, 6) is 5.56. The fourth-order valence-corrected chi connectivity index (χ4v) is 4.77. The van der Waals surface area contributed by atoms with Gasteiger partial charge in [-0.3, -0.25) is 4.79 Å². The zero-order valence-corrected chi connectivity index (χ0v) is 17.4. The van der Waals surface area contributed by atoms with Gasteiger partial charge in [-0.1, -0.05) is 23.6 Å². The van der Waals surface area contributed by atoms with Crippen LogP contribution in [0.5, 0.6) is 0 Å². The maximum atomic E-state index is 13.3. The number of hydrogen-bond donors (Lipinski definition) is 0. The minimum Gasteiger partial charge on any atom is -0.372 e. The number of rotatable bonds is 3. The van der Waals surface area contributed by atoms with Crippen molar-refractivity contribution in [1.82, 2.24) is 8.54 Å². The molecular formula is C19H17BrN2O4S. The Morgan fingerprint density at radius 3 is 2.52 bits per heavy atom. The van der Waals surface area contributed by atoms with Gasteiger partial charge in [-0.2, -0.15) is 0 Å². The quantitative estimate of drug-likeness (QED) is 0.577. The van der Waals surface area contributed by atoms with Crippen LogP contribution in [0.15, 0.2) is 50.7 Å². The van der Waals surface area contributed by atoms with Crippen LogP contribution in [0.25, 0.3) is 10.9 Å². The Hall–Kier alpha value is -2.34. The lowest BCUT2D eigenvalue weighted by Gasteiger charge is -2.10. The second-order valence-electron chi connectivity index (χ2n) is 6.00. The van der Waals surface area contributed by atoms with Crippen molar-refractivity contribution in [1.29, 1.82) is 0 Å². The topological polar surface area (TPSA) is 70.3 Å². The Kier molecular flexibility index (Phi) is 5.29. The van der Waals surface area contributed by atoms with Gasteiger partial charge in [0.15, 0.2) is 0 Å². The minimum atomic E-state index is -4.02. The van der Waals surface area contributed by atoms with Crippen LogP contribution in [0.4, 0.5) is 0 Å². The summed E-state index contributed by atoms with van der Waals surface area (Å²) in [6.45, 7) is 2.02. The molecule has 1 aromatic carbocycles. The molecule has 0 fully saturated rings. The normalized spacial score (nSPS) is 11.4. The number of methoxy groups -OCH3 is 1. The van der Waals surface area contributed by atoms with Gasteiger partial charge >= 0.3 is 0 Å². The maximum absolute atomic E-state index is 13.3. The highest BCUT2D eigenvalue weighted by atomic mass is 79.9. The standard InChI is InChI=1S/C19H17BrN2O4S/c1-13-6-8-15(9-7-13)27(24,25)22-14(5-4-10-26-3)11-16-17(20)12-21(2)19(23)18(16)22/h6-9,11-12H,10H2,1-3H3. The summed E-state index contributed by atoms with van der Waals surface area (Å²) in [6, 6.07) is 8.05.